The minimum Gasteiger partial charge on any atom is -0.444 e. The number of rotatable bonds is 10. The van der Waals surface area contributed by atoms with Crippen LogP contribution in [0.4, 0.5) is 4.79 Å². The number of aromatic nitrogens is 7. The number of nitrogens with zero attached hydrogens (tertiary/aromatic N) is 9. The topological polar surface area (TPSA) is 210 Å². The van der Waals surface area contributed by atoms with E-state index in [2.05, 4.69) is 25.6 Å². The van der Waals surface area contributed by atoms with Crippen LogP contribution in [0.15, 0.2) is 30.6 Å². The first-order valence-corrected chi connectivity index (χ1v) is 13.5. The van der Waals surface area contributed by atoms with Gasteiger partial charge in [0, 0.05) is 39.0 Å². The van der Waals surface area contributed by atoms with E-state index in [1.165, 1.54) is 9.36 Å². The summed E-state index contributed by atoms with van der Waals surface area (Å²) < 4.78 is 8.35. The summed E-state index contributed by atoms with van der Waals surface area (Å²) in [5.74, 6) is -1.24. The second kappa shape index (κ2) is 12.7. The summed E-state index contributed by atoms with van der Waals surface area (Å²) in [5, 5.41) is 16.5. The predicted molar refractivity (Wildman–Crippen MR) is 148 cm³/mol. The monoisotopic (exact) mass is 581 g/mol. The highest BCUT2D eigenvalue weighted by atomic mass is 16.6. The molecule has 224 valence electrons. The van der Waals surface area contributed by atoms with E-state index in [9.17, 15) is 19.2 Å². The van der Waals surface area contributed by atoms with Crippen LogP contribution >= 0.6 is 0 Å². The van der Waals surface area contributed by atoms with Gasteiger partial charge in [-0.15, -0.1) is 10.2 Å². The molecule has 1 saturated heterocycles. The zero-order valence-electron chi connectivity index (χ0n) is 23.8. The van der Waals surface area contributed by atoms with Gasteiger partial charge in [-0.3, -0.25) is 19.1 Å². The summed E-state index contributed by atoms with van der Waals surface area (Å²) in [7, 11) is 0. The molecule has 1 aliphatic rings. The highest BCUT2D eigenvalue weighted by Gasteiger charge is 2.32. The quantitative estimate of drug-likeness (QED) is 0.335. The van der Waals surface area contributed by atoms with Crippen LogP contribution in [0.25, 0.3) is 22.8 Å². The number of piperazine rings is 1. The molecule has 4 rings (SSSR count). The molecule has 1 atom stereocenters. The SMILES string of the molecule is CC(C)(C)OC(=O)N1CCN(C(=O)[C@H](CCC(N)=O)n2cc(-c3cccc(-c4cn(CCC(N)=O)nn4)n3)nn2)CC1. The van der Waals surface area contributed by atoms with Crippen molar-refractivity contribution in [2.75, 3.05) is 26.2 Å². The average Bonchev–Trinajstić information content (AvgIpc) is 3.62. The summed E-state index contributed by atoms with van der Waals surface area (Å²) in [4.78, 5) is 56.5. The lowest BCUT2D eigenvalue weighted by Gasteiger charge is -2.36. The minimum absolute atomic E-state index is 0.0252. The Morgan fingerprint density at radius 1 is 0.857 bits per heavy atom. The van der Waals surface area contributed by atoms with Crippen molar-refractivity contribution < 1.29 is 23.9 Å². The van der Waals surface area contributed by atoms with Gasteiger partial charge in [-0.2, -0.15) is 0 Å². The van der Waals surface area contributed by atoms with Gasteiger partial charge in [0.2, 0.25) is 17.7 Å². The van der Waals surface area contributed by atoms with Gasteiger partial charge in [0.05, 0.1) is 30.3 Å². The van der Waals surface area contributed by atoms with Crippen LogP contribution < -0.4 is 11.5 Å². The molecule has 0 unspecified atom stereocenters. The molecule has 1 aliphatic heterocycles. The summed E-state index contributed by atoms with van der Waals surface area (Å²) >= 11 is 0. The van der Waals surface area contributed by atoms with Crippen molar-refractivity contribution in [1.82, 2.24) is 44.8 Å². The van der Waals surface area contributed by atoms with Crippen molar-refractivity contribution in [3.05, 3.63) is 30.6 Å². The van der Waals surface area contributed by atoms with Crippen LogP contribution in [-0.2, 0) is 25.7 Å². The Bertz CT molecular complexity index is 1440. The molecule has 4 N–H and O–H groups in total. The fraction of sp³-hybridized carbons (Fsp3) is 0.500. The van der Waals surface area contributed by atoms with Gasteiger partial charge < -0.3 is 26.0 Å². The Labute approximate surface area is 242 Å². The van der Waals surface area contributed by atoms with Gasteiger partial charge >= 0.3 is 6.09 Å². The Morgan fingerprint density at radius 3 is 2.07 bits per heavy atom. The molecule has 0 spiro atoms. The number of nitrogens with two attached hydrogens (primary N) is 2. The highest BCUT2D eigenvalue weighted by molar-refractivity contribution is 5.82. The standard InChI is InChI=1S/C26H35N11O5/c1-26(2,3)42-25(41)35-13-11-34(12-14-35)24(40)21(7-8-22(27)38)37-16-20(31-33-37)18-6-4-5-17(29-18)19-15-36(32-30-19)10-9-23(28)39/h4-6,15-16,21H,7-14H2,1-3H3,(H2,27,38)(H2,28,39)/t21-/m0/s1. The number of ether oxygens (including phenoxy) is 1. The maximum atomic E-state index is 13.6. The molecule has 16 heteroatoms. The predicted octanol–water partition coefficient (Wildman–Crippen LogP) is 0.360. The molecule has 0 aromatic carbocycles. The number of hydrogen-bond donors (Lipinski definition) is 2. The molecule has 4 heterocycles. The third-order valence-electron chi connectivity index (χ3n) is 6.42. The fourth-order valence-corrected chi connectivity index (χ4v) is 4.31. The lowest BCUT2D eigenvalue weighted by Crippen LogP contribution is -2.53. The van der Waals surface area contributed by atoms with Gasteiger partial charge in [-0.1, -0.05) is 16.5 Å². The largest absolute Gasteiger partial charge is 0.444 e. The number of carbonyl (C=O) groups excluding carboxylic acids is 4. The molecule has 0 saturated carbocycles. The Morgan fingerprint density at radius 2 is 1.45 bits per heavy atom. The number of aryl methyl sites for hydroxylation is 1. The van der Waals surface area contributed by atoms with E-state index in [1.54, 1.807) is 61.2 Å². The second-order valence-electron chi connectivity index (χ2n) is 10.9. The van der Waals surface area contributed by atoms with Gasteiger partial charge in [0.25, 0.3) is 0 Å². The van der Waals surface area contributed by atoms with Crippen LogP contribution in [0.1, 0.15) is 46.1 Å². The number of primary amides is 2. The van der Waals surface area contributed by atoms with Crippen molar-refractivity contribution in [2.45, 2.75) is 58.2 Å². The molecule has 1 fully saturated rings. The smallest absolute Gasteiger partial charge is 0.410 e. The lowest BCUT2D eigenvalue weighted by atomic mass is 10.1. The molecule has 42 heavy (non-hydrogen) atoms. The van der Waals surface area contributed by atoms with Crippen molar-refractivity contribution in [1.29, 1.82) is 0 Å². The molecule has 0 radical (unpaired) electrons. The van der Waals surface area contributed by atoms with Crippen LogP contribution in [0.5, 0.6) is 0 Å². The molecule has 3 aromatic rings. The number of amides is 4. The first kappa shape index (κ1) is 30.1. The van der Waals surface area contributed by atoms with Crippen LogP contribution in [-0.4, -0.2) is 100 Å². The van der Waals surface area contributed by atoms with Crippen molar-refractivity contribution in [3.63, 3.8) is 0 Å². The third-order valence-corrected chi connectivity index (χ3v) is 6.42. The van der Waals surface area contributed by atoms with Crippen LogP contribution in [0.3, 0.4) is 0 Å². The summed E-state index contributed by atoms with van der Waals surface area (Å²) in [6.07, 6.45) is 3.06. The fourth-order valence-electron chi connectivity index (χ4n) is 4.31. The average molecular weight is 582 g/mol. The molecule has 0 bridgehead atoms. The van der Waals surface area contributed by atoms with Gasteiger partial charge in [0.15, 0.2) is 0 Å². The van der Waals surface area contributed by atoms with Gasteiger partial charge in [0.1, 0.15) is 23.0 Å². The normalized spacial score (nSPS) is 14.5. The van der Waals surface area contributed by atoms with E-state index in [0.29, 0.717) is 55.5 Å². The molecule has 0 aliphatic carbocycles. The Balaban J connectivity index is 1.48. The number of hydrogen-bond acceptors (Lipinski definition) is 10. The first-order valence-electron chi connectivity index (χ1n) is 13.5. The van der Waals surface area contributed by atoms with Gasteiger partial charge in [-0.25, -0.2) is 14.5 Å². The van der Waals surface area contributed by atoms with E-state index >= 15 is 0 Å². The van der Waals surface area contributed by atoms with Crippen molar-refractivity contribution >= 4 is 23.8 Å². The number of pyridine rings is 1. The van der Waals surface area contributed by atoms with Crippen molar-refractivity contribution in [2.24, 2.45) is 11.5 Å². The maximum Gasteiger partial charge on any atom is 0.410 e. The molecule has 4 amide bonds. The minimum atomic E-state index is -0.833. The van der Waals surface area contributed by atoms with Crippen LogP contribution in [0.2, 0.25) is 0 Å². The molecule has 3 aromatic heterocycles. The first-order chi connectivity index (χ1) is 19.9. The summed E-state index contributed by atoms with van der Waals surface area (Å²) in [6, 6.07) is 4.44. The zero-order chi connectivity index (χ0) is 30.4. The van der Waals surface area contributed by atoms with Gasteiger partial charge in [-0.05, 0) is 39.3 Å². The van der Waals surface area contributed by atoms with E-state index in [0.717, 1.165) is 0 Å². The summed E-state index contributed by atoms with van der Waals surface area (Å²) in [6.45, 7) is 6.92. The van der Waals surface area contributed by atoms with E-state index < -0.39 is 29.6 Å². The molecular formula is C26H35N11O5. The molecule has 16 nitrogen and oxygen atoms in total. The summed E-state index contributed by atoms with van der Waals surface area (Å²) in [5.41, 5.74) is 11.9. The number of carbonyl (C=O) groups is 4. The van der Waals surface area contributed by atoms with Crippen LogP contribution in [0, 0.1) is 0 Å². The Hall–Kier alpha value is -4.89. The van der Waals surface area contributed by atoms with Crippen molar-refractivity contribution in [3.8, 4) is 22.8 Å². The molecular weight excluding hydrogens is 546 g/mol. The Kier molecular flexibility index (Phi) is 9.12. The third kappa shape index (κ3) is 7.86. The van der Waals surface area contributed by atoms with E-state index in [1.807, 2.05) is 0 Å². The second-order valence-corrected chi connectivity index (χ2v) is 10.9. The van der Waals surface area contributed by atoms with E-state index in [-0.39, 0.29) is 25.2 Å². The highest BCUT2D eigenvalue weighted by Crippen LogP contribution is 2.23. The lowest BCUT2D eigenvalue weighted by molar-refractivity contribution is -0.137. The maximum absolute atomic E-state index is 13.6. The van der Waals surface area contributed by atoms with E-state index in [4.69, 9.17) is 16.2 Å². The zero-order valence-corrected chi connectivity index (χ0v) is 23.8.